The van der Waals surface area contributed by atoms with E-state index >= 15 is 0 Å². The number of thioether (sulfide) groups is 1. The van der Waals surface area contributed by atoms with Gasteiger partial charge in [0.05, 0.1) is 46.2 Å². The van der Waals surface area contributed by atoms with E-state index in [9.17, 15) is 9.59 Å². The number of ether oxygens (including phenoxy) is 1. The van der Waals surface area contributed by atoms with Crippen LogP contribution < -0.4 is 15.6 Å². The topological polar surface area (TPSA) is 108 Å². The lowest BCUT2D eigenvalue weighted by Gasteiger charge is -2.28. The van der Waals surface area contributed by atoms with Crippen molar-refractivity contribution in [2.24, 2.45) is 5.41 Å². The number of carbonyl (C=O) groups is 1. The van der Waals surface area contributed by atoms with E-state index in [0.717, 1.165) is 34.0 Å². The molecule has 0 saturated heterocycles. The van der Waals surface area contributed by atoms with Gasteiger partial charge in [-0.1, -0.05) is 31.5 Å². The number of aromatic amines is 2. The lowest BCUT2D eigenvalue weighted by atomic mass is 9.94. The number of hydrogen-bond acceptors (Lipinski definition) is 6. The molecule has 0 bridgehead atoms. The minimum Gasteiger partial charge on any atom is -0.493 e. The van der Waals surface area contributed by atoms with Crippen molar-refractivity contribution in [2.45, 2.75) is 32.1 Å². The highest BCUT2D eigenvalue weighted by atomic mass is 35.5. The first kappa shape index (κ1) is 28.1. The minimum atomic E-state index is -0.310. The first-order valence-electron chi connectivity index (χ1n) is 13.0. The van der Waals surface area contributed by atoms with E-state index in [-0.39, 0.29) is 16.9 Å². The quantitative estimate of drug-likeness (QED) is 0.228. The largest absolute Gasteiger partial charge is 0.493 e. The second-order valence-electron chi connectivity index (χ2n) is 11.1. The molecule has 1 aliphatic heterocycles. The molecular weight excluding hydrogens is 548 g/mol. The molecule has 5 rings (SSSR count). The Bertz CT molecular complexity index is 1620. The smallest absolute Gasteiger partial charge is 0.258 e. The molecule has 4 aromatic rings. The maximum atomic E-state index is 12.9. The molecule has 210 valence electrons. The predicted molar refractivity (Wildman–Crippen MR) is 162 cm³/mol. The van der Waals surface area contributed by atoms with Gasteiger partial charge in [0.15, 0.2) is 0 Å². The van der Waals surface area contributed by atoms with Gasteiger partial charge in [0.2, 0.25) is 0 Å². The molecule has 1 aliphatic rings. The van der Waals surface area contributed by atoms with E-state index in [4.69, 9.17) is 16.3 Å². The molecule has 0 fully saturated rings. The number of anilines is 1. The Morgan fingerprint density at radius 1 is 1.30 bits per heavy atom. The van der Waals surface area contributed by atoms with E-state index in [1.165, 1.54) is 12.4 Å². The summed E-state index contributed by atoms with van der Waals surface area (Å²) in [6.07, 6.45) is 7.61. The van der Waals surface area contributed by atoms with Crippen LogP contribution in [0.2, 0.25) is 0 Å². The molecule has 3 N–H and O–H groups in total. The molecule has 9 nitrogen and oxygen atoms in total. The third kappa shape index (κ3) is 6.80. The van der Waals surface area contributed by atoms with Crippen LogP contribution >= 0.6 is 23.4 Å². The fraction of sp³-hybridized carbons (Fsp3) is 0.345. The summed E-state index contributed by atoms with van der Waals surface area (Å²) in [4.78, 5) is 33.8. The summed E-state index contributed by atoms with van der Waals surface area (Å²) in [7, 11) is 4.11. The molecule has 1 amide bonds. The van der Waals surface area contributed by atoms with Crippen molar-refractivity contribution in [2.75, 3.05) is 32.6 Å². The van der Waals surface area contributed by atoms with Crippen LogP contribution in [0.5, 0.6) is 5.75 Å². The third-order valence-corrected chi connectivity index (χ3v) is 8.01. The van der Waals surface area contributed by atoms with Gasteiger partial charge in [-0.3, -0.25) is 14.3 Å². The summed E-state index contributed by atoms with van der Waals surface area (Å²) in [5.74, 6) is 0.460. The number of rotatable bonds is 10. The fourth-order valence-electron chi connectivity index (χ4n) is 4.87. The summed E-state index contributed by atoms with van der Waals surface area (Å²) in [6, 6.07) is 9.41. The first-order valence-corrected chi connectivity index (χ1v) is 14.3. The molecule has 11 heteroatoms. The van der Waals surface area contributed by atoms with Crippen LogP contribution in [0.4, 0.5) is 5.69 Å². The maximum Gasteiger partial charge on any atom is 0.258 e. The van der Waals surface area contributed by atoms with Crippen molar-refractivity contribution in [1.29, 1.82) is 0 Å². The Labute approximate surface area is 241 Å². The van der Waals surface area contributed by atoms with Crippen molar-refractivity contribution >= 4 is 45.9 Å². The Hall–Kier alpha value is -3.47. The highest BCUT2D eigenvalue weighted by Gasteiger charge is 2.21. The van der Waals surface area contributed by atoms with Gasteiger partial charge in [0.25, 0.3) is 11.5 Å². The Balaban J connectivity index is 1.28. The molecular formula is C29H33ClN6O3S. The van der Waals surface area contributed by atoms with Crippen molar-refractivity contribution in [1.82, 2.24) is 24.6 Å². The number of pyridine rings is 1. The first-order chi connectivity index (χ1) is 19.0. The molecule has 1 aromatic carbocycles. The number of halogens is 1. The zero-order valence-corrected chi connectivity index (χ0v) is 24.5. The summed E-state index contributed by atoms with van der Waals surface area (Å²) in [6.45, 7) is 6.50. The molecule has 0 aliphatic carbocycles. The standard InChI is InChI=1S/C29H33ClN6O3S/c1-29(2,16-35(3)4)17-39-21-5-7-24-18(9-21)10-25(34-24)23-11-20(13-31-28(23)38)33-27(37)19-12-32-36(14-19)15-22-6-8-26(30)40-22/h5,7-14,22,34H,6,15-17H2,1-4H3,(H,31,38)(H,33,37). The number of carbonyl (C=O) groups excluding carboxylic acids is 1. The summed E-state index contributed by atoms with van der Waals surface area (Å²) in [5.41, 5.74) is 2.59. The Morgan fingerprint density at radius 2 is 2.12 bits per heavy atom. The minimum absolute atomic E-state index is 0.000573. The van der Waals surface area contributed by atoms with Crippen molar-refractivity contribution in [3.8, 4) is 17.0 Å². The van der Waals surface area contributed by atoms with Crippen LogP contribution in [0.15, 0.2) is 64.2 Å². The highest BCUT2D eigenvalue weighted by Crippen LogP contribution is 2.35. The summed E-state index contributed by atoms with van der Waals surface area (Å²) >= 11 is 7.66. The van der Waals surface area contributed by atoms with Crippen LogP contribution in [0, 0.1) is 5.41 Å². The molecule has 0 saturated carbocycles. The lowest BCUT2D eigenvalue weighted by molar-refractivity contribution is 0.102. The number of hydrogen-bond donors (Lipinski definition) is 3. The van der Waals surface area contributed by atoms with Crippen molar-refractivity contribution in [3.63, 3.8) is 0 Å². The van der Waals surface area contributed by atoms with Crippen LogP contribution in [0.25, 0.3) is 22.2 Å². The molecule has 0 radical (unpaired) electrons. The zero-order valence-electron chi connectivity index (χ0n) is 23.0. The number of aromatic nitrogens is 4. The molecule has 1 unspecified atom stereocenters. The van der Waals surface area contributed by atoms with Crippen molar-refractivity contribution < 1.29 is 9.53 Å². The van der Waals surface area contributed by atoms with E-state index in [1.807, 2.05) is 30.3 Å². The van der Waals surface area contributed by atoms with Gasteiger partial charge in [-0.05, 0) is 50.8 Å². The van der Waals surface area contributed by atoms with Gasteiger partial charge in [0.1, 0.15) is 5.75 Å². The number of allylic oxidation sites excluding steroid dienone is 1. The van der Waals surface area contributed by atoms with Crippen molar-refractivity contribution in [3.05, 3.63) is 75.3 Å². The average molecular weight is 581 g/mol. The van der Waals surface area contributed by atoms with E-state index < -0.39 is 0 Å². The number of amides is 1. The van der Waals surface area contributed by atoms with Crippen LogP contribution in [0.3, 0.4) is 0 Å². The molecule has 1 atom stereocenters. The molecule has 4 heterocycles. The number of benzene rings is 1. The predicted octanol–water partition coefficient (Wildman–Crippen LogP) is 5.52. The molecule has 3 aromatic heterocycles. The number of nitrogens with zero attached hydrogens (tertiary/aromatic N) is 3. The normalized spacial score (nSPS) is 15.6. The fourth-order valence-corrected chi connectivity index (χ4v) is 6.26. The van der Waals surface area contributed by atoms with Crippen LogP contribution in [-0.4, -0.2) is 63.1 Å². The van der Waals surface area contributed by atoms with Gasteiger partial charge >= 0.3 is 0 Å². The average Bonchev–Trinajstić information content (AvgIpc) is 3.63. The number of nitrogens with one attached hydrogen (secondary N) is 3. The van der Waals surface area contributed by atoms with Crippen LogP contribution in [0.1, 0.15) is 30.6 Å². The van der Waals surface area contributed by atoms with Crippen LogP contribution in [-0.2, 0) is 6.54 Å². The molecule has 40 heavy (non-hydrogen) atoms. The monoisotopic (exact) mass is 580 g/mol. The summed E-state index contributed by atoms with van der Waals surface area (Å²) in [5, 5.41) is 8.41. The van der Waals surface area contributed by atoms with E-state index in [2.05, 4.69) is 53.2 Å². The van der Waals surface area contributed by atoms with Gasteiger partial charge in [-0.15, -0.1) is 11.8 Å². The van der Waals surface area contributed by atoms with E-state index in [1.54, 1.807) is 28.7 Å². The highest BCUT2D eigenvalue weighted by molar-refractivity contribution is 8.05. The van der Waals surface area contributed by atoms with Gasteiger partial charge < -0.3 is 24.9 Å². The maximum absolute atomic E-state index is 12.9. The second-order valence-corrected chi connectivity index (χ2v) is 13.1. The van der Waals surface area contributed by atoms with E-state index in [0.29, 0.717) is 40.9 Å². The Morgan fingerprint density at radius 3 is 2.88 bits per heavy atom. The molecule has 0 spiro atoms. The number of fused-ring (bicyclic) bond motifs is 1. The van der Waals surface area contributed by atoms with Gasteiger partial charge in [0, 0.05) is 40.5 Å². The third-order valence-electron chi connectivity index (χ3n) is 6.52. The SMILES string of the molecule is CN(C)CC(C)(C)COc1ccc2[nH]c(-c3cc(NC(=O)c4cnn(CC5CC=C(Cl)S5)c4)c[nH]c3=O)cc2c1. The zero-order chi connectivity index (χ0) is 28.4. The summed E-state index contributed by atoms with van der Waals surface area (Å²) < 4.78 is 8.64. The lowest BCUT2D eigenvalue weighted by Crippen LogP contribution is -2.33. The van der Waals surface area contributed by atoms with Gasteiger partial charge in [-0.25, -0.2) is 0 Å². The van der Waals surface area contributed by atoms with Gasteiger partial charge in [-0.2, -0.15) is 5.10 Å². The Kier molecular flexibility index (Phi) is 8.11. The number of H-pyrrole nitrogens is 2. The second kappa shape index (κ2) is 11.6.